The normalized spacial score (nSPS) is 12.5. The zero-order valence-electron chi connectivity index (χ0n) is 12.2. The molecular formula is C15H25N3O. The van der Waals surface area contributed by atoms with E-state index in [0.717, 1.165) is 12.1 Å². The molecule has 0 radical (unpaired) electrons. The molecular weight excluding hydrogens is 238 g/mol. The second-order valence-corrected chi connectivity index (χ2v) is 5.06. The van der Waals surface area contributed by atoms with Crippen molar-refractivity contribution >= 4 is 5.91 Å². The number of benzene rings is 1. The first kappa shape index (κ1) is 15.7. The minimum absolute atomic E-state index is 0.0354. The van der Waals surface area contributed by atoms with Crippen LogP contribution in [0.3, 0.4) is 0 Å². The van der Waals surface area contributed by atoms with Gasteiger partial charge in [0.2, 0.25) is 5.91 Å². The molecule has 1 amide bonds. The van der Waals surface area contributed by atoms with Crippen molar-refractivity contribution in [3.63, 3.8) is 0 Å². The highest BCUT2D eigenvalue weighted by Crippen LogP contribution is 2.07. The summed E-state index contributed by atoms with van der Waals surface area (Å²) < 4.78 is 0. The van der Waals surface area contributed by atoms with Gasteiger partial charge in [0.25, 0.3) is 0 Å². The fraction of sp³-hybridized carbons (Fsp3) is 0.533. The maximum atomic E-state index is 12.3. The van der Waals surface area contributed by atoms with E-state index < -0.39 is 6.04 Å². The molecule has 1 unspecified atom stereocenters. The van der Waals surface area contributed by atoms with Gasteiger partial charge in [0.15, 0.2) is 0 Å². The molecule has 1 aromatic rings. The smallest absolute Gasteiger partial charge is 0.239 e. The van der Waals surface area contributed by atoms with Crippen LogP contribution >= 0.6 is 0 Å². The number of amides is 1. The molecule has 0 saturated carbocycles. The van der Waals surface area contributed by atoms with Crippen molar-refractivity contribution in [2.45, 2.75) is 25.9 Å². The molecule has 2 N–H and O–H groups in total. The molecule has 1 aromatic carbocycles. The number of nitrogens with zero attached hydrogens (tertiary/aromatic N) is 2. The highest BCUT2D eigenvalue weighted by atomic mass is 16.2. The number of hydrogen-bond acceptors (Lipinski definition) is 3. The van der Waals surface area contributed by atoms with E-state index in [-0.39, 0.29) is 5.91 Å². The van der Waals surface area contributed by atoms with Crippen LogP contribution in [0.4, 0.5) is 0 Å². The summed E-state index contributed by atoms with van der Waals surface area (Å²) in [7, 11) is 4.01. The number of carbonyl (C=O) groups excluding carboxylic acids is 1. The number of likely N-dealkylation sites (N-methyl/N-ethyl adjacent to an activating group) is 1. The number of carbonyl (C=O) groups is 1. The molecule has 4 heteroatoms. The van der Waals surface area contributed by atoms with Crippen LogP contribution in [0.2, 0.25) is 0 Å². The topological polar surface area (TPSA) is 49.6 Å². The summed E-state index contributed by atoms with van der Waals surface area (Å²) >= 11 is 0. The Kier molecular flexibility index (Phi) is 6.53. The quantitative estimate of drug-likeness (QED) is 0.807. The average Bonchev–Trinajstić information content (AvgIpc) is 2.42. The second-order valence-electron chi connectivity index (χ2n) is 5.06. The summed E-state index contributed by atoms with van der Waals surface area (Å²) in [5, 5.41) is 0. The summed E-state index contributed by atoms with van der Waals surface area (Å²) in [6, 6.07) is 9.63. The van der Waals surface area contributed by atoms with Gasteiger partial charge in [-0.1, -0.05) is 37.3 Å². The molecule has 0 spiro atoms. The molecule has 0 saturated heterocycles. The van der Waals surface area contributed by atoms with E-state index in [1.807, 2.05) is 56.3 Å². The Labute approximate surface area is 116 Å². The number of rotatable bonds is 7. The SMILES string of the molecule is CCC(N)C(=O)N(CCN(C)C)Cc1ccccc1. The van der Waals surface area contributed by atoms with Gasteiger partial charge in [-0.2, -0.15) is 0 Å². The van der Waals surface area contributed by atoms with Crippen molar-refractivity contribution in [1.29, 1.82) is 0 Å². The van der Waals surface area contributed by atoms with Gasteiger partial charge in [-0.05, 0) is 26.1 Å². The maximum absolute atomic E-state index is 12.3. The predicted molar refractivity (Wildman–Crippen MR) is 78.7 cm³/mol. The van der Waals surface area contributed by atoms with Gasteiger partial charge in [-0.15, -0.1) is 0 Å². The van der Waals surface area contributed by atoms with Crippen molar-refractivity contribution < 1.29 is 4.79 Å². The van der Waals surface area contributed by atoms with Gasteiger partial charge >= 0.3 is 0 Å². The first-order valence-corrected chi connectivity index (χ1v) is 6.77. The Morgan fingerprint density at radius 2 is 1.84 bits per heavy atom. The summed E-state index contributed by atoms with van der Waals surface area (Å²) in [5.74, 6) is 0.0354. The van der Waals surface area contributed by atoms with Gasteiger partial charge < -0.3 is 15.5 Å². The Bertz CT molecular complexity index is 378. The van der Waals surface area contributed by atoms with Crippen molar-refractivity contribution in [3.8, 4) is 0 Å². The monoisotopic (exact) mass is 263 g/mol. The van der Waals surface area contributed by atoms with E-state index in [0.29, 0.717) is 19.5 Å². The summed E-state index contributed by atoms with van der Waals surface area (Å²) in [4.78, 5) is 16.2. The molecule has 0 fully saturated rings. The molecule has 106 valence electrons. The van der Waals surface area contributed by atoms with E-state index in [4.69, 9.17) is 5.73 Å². The van der Waals surface area contributed by atoms with E-state index in [1.165, 1.54) is 0 Å². The summed E-state index contributed by atoms with van der Waals surface area (Å²) in [5.41, 5.74) is 7.01. The standard InChI is InChI=1S/C15H25N3O/c1-4-14(16)15(19)18(11-10-17(2)3)12-13-8-6-5-7-9-13/h5-9,14H,4,10-12,16H2,1-3H3. The molecule has 19 heavy (non-hydrogen) atoms. The fourth-order valence-corrected chi connectivity index (χ4v) is 1.80. The average molecular weight is 263 g/mol. The third kappa shape index (κ3) is 5.41. The lowest BCUT2D eigenvalue weighted by Crippen LogP contribution is -2.45. The third-order valence-electron chi connectivity index (χ3n) is 3.10. The molecule has 1 atom stereocenters. The lowest BCUT2D eigenvalue weighted by atomic mass is 10.1. The summed E-state index contributed by atoms with van der Waals surface area (Å²) in [6.45, 7) is 4.11. The first-order chi connectivity index (χ1) is 9.04. The van der Waals surface area contributed by atoms with Crippen molar-refractivity contribution in [1.82, 2.24) is 9.80 Å². The Hall–Kier alpha value is -1.39. The largest absolute Gasteiger partial charge is 0.336 e. The first-order valence-electron chi connectivity index (χ1n) is 6.77. The highest BCUT2D eigenvalue weighted by Gasteiger charge is 2.19. The molecule has 0 bridgehead atoms. The minimum Gasteiger partial charge on any atom is -0.336 e. The van der Waals surface area contributed by atoms with Crippen LogP contribution in [0.25, 0.3) is 0 Å². The van der Waals surface area contributed by atoms with Crippen LogP contribution in [0.15, 0.2) is 30.3 Å². The zero-order valence-corrected chi connectivity index (χ0v) is 12.2. The third-order valence-corrected chi connectivity index (χ3v) is 3.10. The van der Waals surface area contributed by atoms with E-state index in [2.05, 4.69) is 4.90 Å². The molecule has 0 aliphatic heterocycles. The van der Waals surface area contributed by atoms with Gasteiger partial charge in [0, 0.05) is 19.6 Å². The van der Waals surface area contributed by atoms with E-state index in [9.17, 15) is 4.79 Å². The van der Waals surface area contributed by atoms with Gasteiger partial charge in [-0.25, -0.2) is 0 Å². The van der Waals surface area contributed by atoms with E-state index >= 15 is 0 Å². The van der Waals surface area contributed by atoms with Crippen LogP contribution < -0.4 is 5.73 Å². The maximum Gasteiger partial charge on any atom is 0.239 e. The lowest BCUT2D eigenvalue weighted by Gasteiger charge is -2.27. The molecule has 0 aliphatic carbocycles. The van der Waals surface area contributed by atoms with Crippen LogP contribution in [0.5, 0.6) is 0 Å². The summed E-state index contributed by atoms with van der Waals surface area (Å²) in [6.07, 6.45) is 0.673. The van der Waals surface area contributed by atoms with Gasteiger partial charge in [0.05, 0.1) is 6.04 Å². The highest BCUT2D eigenvalue weighted by molar-refractivity contribution is 5.81. The Morgan fingerprint density at radius 1 is 1.21 bits per heavy atom. The second kappa shape index (κ2) is 7.92. The minimum atomic E-state index is -0.397. The lowest BCUT2D eigenvalue weighted by molar-refractivity contribution is -0.133. The molecule has 0 aliphatic rings. The number of nitrogens with two attached hydrogens (primary N) is 1. The fourth-order valence-electron chi connectivity index (χ4n) is 1.80. The van der Waals surface area contributed by atoms with Gasteiger partial charge in [0.1, 0.15) is 0 Å². The molecule has 0 aromatic heterocycles. The van der Waals surface area contributed by atoms with Crippen LogP contribution in [-0.4, -0.2) is 48.9 Å². The van der Waals surface area contributed by atoms with Crippen molar-refractivity contribution in [2.24, 2.45) is 5.73 Å². The zero-order chi connectivity index (χ0) is 14.3. The number of hydrogen-bond donors (Lipinski definition) is 1. The molecule has 0 heterocycles. The van der Waals surface area contributed by atoms with Crippen LogP contribution in [-0.2, 0) is 11.3 Å². The van der Waals surface area contributed by atoms with E-state index in [1.54, 1.807) is 0 Å². The van der Waals surface area contributed by atoms with Crippen molar-refractivity contribution in [3.05, 3.63) is 35.9 Å². The van der Waals surface area contributed by atoms with Gasteiger partial charge in [-0.3, -0.25) is 4.79 Å². The Morgan fingerprint density at radius 3 is 2.37 bits per heavy atom. The van der Waals surface area contributed by atoms with Crippen molar-refractivity contribution in [2.75, 3.05) is 27.2 Å². The Balaban J connectivity index is 2.71. The predicted octanol–water partition coefficient (Wildman–Crippen LogP) is 1.31. The van der Waals surface area contributed by atoms with Crippen LogP contribution in [0.1, 0.15) is 18.9 Å². The molecule has 1 rings (SSSR count). The van der Waals surface area contributed by atoms with Crippen LogP contribution in [0, 0.1) is 0 Å². The molecule has 4 nitrogen and oxygen atoms in total.